The molecule has 25 heavy (non-hydrogen) atoms. The molecule has 1 aromatic carbocycles. The molecule has 1 aliphatic heterocycles. The molecule has 0 bridgehead atoms. The Kier molecular flexibility index (Phi) is 4.21. The van der Waals surface area contributed by atoms with E-state index in [1.54, 1.807) is 0 Å². The summed E-state index contributed by atoms with van der Waals surface area (Å²) in [5.41, 5.74) is 1.35. The topological polar surface area (TPSA) is 108 Å². The molecule has 1 fully saturated rings. The fourth-order valence-electron chi connectivity index (χ4n) is 2.49. The second-order valence-corrected chi connectivity index (χ2v) is 5.87. The first kappa shape index (κ1) is 18.3. The lowest BCUT2D eigenvalue weighted by molar-refractivity contribution is -0.137. The number of halogens is 3. The van der Waals surface area contributed by atoms with Gasteiger partial charge in [0, 0.05) is 0 Å². The van der Waals surface area contributed by atoms with E-state index in [1.165, 1.54) is 19.9 Å². The second kappa shape index (κ2) is 5.77. The van der Waals surface area contributed by atoms with Gasteiger partial charge >= 0.3 is 12.2 Å². The molecule has 2 rings (SSSR count). The third-order valence-electron chi connectivity index (χ3n) is 3.82. The molecule has 0 aromatic heterocycles. The van der Waals surface area contributed by atoms with Gasteiger partial charge in [0.25, 0.3) is 5.91 Å². The highest BCUT2D eigenvalue weighted by atomic mass is 19.4. The summed E-state index contributed by atoms with van der Waals surface area (Å²) in [7, 11) is 0. The van der Waals surface area contributed by atoms with E-state index in [2.05, 4.69) is 0 Å². The highest BCUT2D eigenvalue weighted by Crippen LogP contribution is 2.37. The van der Waals surface area contributed by atoms with Crippen molar-refractivity contribution in [2.45, 2.75) is 25.6 Å². The van der Waals surface area contributed by atoms with E-state index in [-0.39, 0.29) is 5.69 Å². The van der Waals surface area contributed by atoms with Gasteiger partial charge in [0.05, 0.1) is 22.9 Å². The van der Waals surface area contributed by atoms with E-state index in [1.807, 2.05) is 0 Å². The Bertz CT molecular complexity index is 811. The van der Waals surface area contributed by atoms with Gasteiger partial charge in [-0.2, -0.15) is 18.4 Å². The van der Waals surface area contributed by atoms with Crippen LogP contribution in [0.2, 0.25) is 0 Å². The lowest BCUT2D eigenvalue weighted by Crippen LogP contribution is -2.47. The Labute approximate surface area is 140 Å². The van der Waals surface area contributed by atoms with Crippen LogP contribution in [-0.4, -0.2) is 34.8 Å². The summed E-state index contributed by atoms with van der Waals surface area (Å²) >= 11 is 0. The number of urea groups is 1. The average molecular weight is 354 g/mol. The molecule has 0 radical (unpaired) electrons. The average Bonchev–Trinajstić information content (AvgIpc) is 2.66. The fourth-order valence-corrected chi connectivity index (χ4v) is 2.49. The molecule has 0 saturated carbocycles. The van der Waals surface area contributed by atoms with Crippen LogP contribution < -0.4 is 10.6 Å². The van der Waals surface area contributed by atoms with E-state index in [4.69, 9.17) is 11.0 Å². The summed E-state index contributed by atoms with van der Waals surface area (Å²) in [5.74, 6) is -1.68. The number of carbonyl (C=O) groups is 3. The highest BCUT2D eigenvalue weighted by molar-refractivity contribution is 6.23. The number of alkyl halides is 3. The molecule has 2 N–H and O–H groups in total. The molecular formula is C15H13F3N4O3. The predicted octanol–water partition coefficient (Wildman–Crippen LogP) is 1.61. The standard InChI is InChI=1S/C15H13F3N4O3/c1-14(2)12(24)22(13(25)21(14)7-11(20)23)9-4-3-8(6-19)10(5-9)15(16,17)18/h3-5H,7H2,1-2H3,(H2,20,23). The molecule has 1 saturated heterocycles. The molecule has 1 aromatic rings. The normalized spacial score (nSPS) is 17.0. The number of primary amides is 1. The van der Waals surface area contributed by atoms with Crippen molar-refractivity contribution in [2.24, 2.45) is 5.73 Å². The van der Waals surface area contributed by atoms with Crippen LogP contribution in [0.4, 0.5) is 23.7 Å². The minimum absolute atomic E-state index is 0.346. The highest BCUT2D eigenvalue weighted by Gasteiger charge is 2.52. The number of carbonyl (C=O) groups excluding carboxylic acids is 3. The molecule has 10 heteroatoms. The minimum atomic E-state index is -4.84. The minimum Gasteiger partial charge on any atom is -0.368 e. The number of nitrogens with two attached hydrogens (primary N) is 1. The van der Waals surface area contributed by atoms with E-state index >= 15 is 0 Å². The molecule has 1 aliphatic rings. The van der Waals surface area contributed by atoms with Gasteiger partial charge in [0.1, 0.15) is 12.1 Å². The number of nitriles is 1. The van der Waals surface area contributed by atoms with Crippen LogP contribution in [0.3, 0.4) is 0 Å². The first-order valence-corrected chi connectivity index (χ1v) is 6.97. The van der Waals surface area contributed by atoms with Crippen molar-refractivity contribution < 1.29 is 27.6 Å². The summed E-state index contributed by atoms with van der Waals surface area (Å²) in [6.07, 6.45) is -4.84. The molecule has 1 heterocycles. The lowest BCUT2D eigenvalue weighted by Gasteiger charge is -2.26. The van der Waals surface area contributed by atoms with Crippen LogP contribution in [0.1, 0.15) is 25.0 Å². The molecule has 7 nitrogen and oxygen atoms in total. The van der Waals surface area contributed by atoms with Crippen LogP contribution in [0.25, 0.3) is 0 Å². The number of anilines is 1. The van der Waals surface area contributed by atoms with Crippen molar-refractivity contribution >= 4 is 23.5 Å². The third-order valence-corrected chi connectivity index (χ3v) is 3.82. The Morgan fingerprint density at radius 2 is 1.92 bits per heavy atom. The van der Waals surface area contributed by atoms with Crippen molar-refractivity contribution in [1.29, 1.82) is 5.26 Å². The van der Waals surface area contributed by atoms with Gasteiger partial charge in [0.2, 0.25) is 5.91 Å². The zero-order chi connectivity index (χ0) is 19.2. The smallest absolute Gasteiger partial charge is 0.368 e. The van der Waals surface area contributed by atoms with Crippen LogP contribution in [0.5, 0.6) is 0 Å². The number of hydrogen-bond acceptors (Lipinski definition) is 4. The van der Waals surface area contributed by atoms with Crippen LogP contribution in [0, 0.1) is 11.3 Å². The predicted molar refractivity (Wildman–Crippen MR) is 79.0 cm³/mol. The largest absolute Gasteiger partial charge is 0.417 e. The number of amides is 4. The van der Waals surface area contributed by atoms with E-state index < -0.39 is 47.2 Å². The molecule has 4 amide bonds. The maximum atomic E-state index is 13.1. The van der Waals surface area contributed by atoms with E-state index in [9.17, 15) is 27.6 Å². The maximum Gasteiger partial charge on any atom is 0.417 e. The number of rotatable bonds is 3. The summed E-state index contributed by atoms with van der Waals surface area (Å²) in [6, 6.07) is 2.94. The number of hydrogen-bond donors (Lipinski definition) is 1. The molecule has 0 aliphatic carbocycles. The van der Waals surface area contributed by atoms with Crippen LogP contribution >= 0.6 is 0 Å². The third kappa shape index (κ3) is 3.00. The second-order valence-electron chi connectivity index (χ2n) is 5.87. The van der Waals surface area contributed by atoms with Gasteiger partial charge in [-0.1, -0.05) is 0 Å². The van der Waals surface area contributed by atoms with Crippen molar-refractivity contribution in [2.75, 3.05) is 11.4 Å². The van der Waals surface area contributed by atoms with Gasteiger partial charge in [0.15, 0.2) is 0 Å². The summed E-state index contributed by atoms with van der Waals surface area (Å²) < 4.78 is 39.3. The van der Waals surface area contributed by atoms with Gasteiger partial charge < -0.3 is 10.6 Å². The first-order valence-electron chi connectivity index (χ1n) is 6.97. The monoisotopic (exact) mass is 354 g/mol. The Balaban J connectivity index is 2.56. The SMILES string of the molecule is CC1(C)C(=O)N(c2ccc(C#N)c(C(F)(F)F)c2)C(=O)N1CC(N)=O. The number of benzene rings is 1. The van der Waals surface area contributed by atoms with Crippen molar-refractivity contribution in [3.8, 4) is 6.07 Å². The summed E-state index contributed by atoms with van der Waals surface area (Å²) in [5, 5.41) is 8.81. The van der Waals surface area contributed by atoms with Crippen LogP contribution in [-0.2, 0) is 15.8 Å². The van der Waals surface area contributed by atoms with E-state index in [0.29, 0.717) is 11.0 Å². The van der Waals surface area contributed by atoms with Gasteiger partial charge in [-0.15, -0.1) is 0 Å². The summed E-state index contributed by atoms with van der Waals surface area (Å²) in [6.45, 7) is 2.14. The lowest BCUT2D eigenvalue weighted by atomic mass is 10.0. The molecule has 0 spiro atoms. The van der Waals surface area contributed by atoms with Crippen molar-refractivity contribution in [1.82, 2.24) is 4.90 Å². The zero-order valence-corrected chi connectivity index (χ0v) is 13.2. The molecule has 0 atom stereocenters. The molecular weight excluding hydrogens is 341 g/mol. The van der Waals surface area contributed by atoms with Crippen molar-refractivity contribution in [3.63, 3.8) is 0 Å². The Morgan fingerprint density at radius 3 is 2.40 bits per heavy atom. The van der Waals surface area contributed by atoms with Crippen molar-refractivity contribution in [3.05, 3.63) is 29.3 Å². The molecule has 0 unspecified atom stereocenters. The van der Waals surface area contributed by atoms with E-state index in [0.717, 1.165) is 17.0 Å². The quantitative estimate of drug-likeness (QED) is 0.832. The van der Waals surface area contributed by atoms with Gasteiger partial charge in [-0.25, -0.2) is 9.69 Å². The number of nitrogens with zero attached hydrogens (tertiary/aromatic N) is 3. The van der Waals surface area contributed by atoms with Gasteiger partial charge in [-0.05, 0) is 32.0 Å². The fraction of sp³-hybridized carbons (Fsp3) is 0.333. The Morgan fingerprint density at radius 1 is 1.32 bits per heavy atom. The van der Waals surface area contributed by atoms with Crippen LogP contribution in [0.15, 0.2) is 18.2 Å². The number of imide groups is 1. The maximum absolute atomic E-state index is 13.1. The van der Waals surface area contributed by atoms with Gasteiger partial charge in [-0.3, -0.25) is 9.59 Å². The zero-order valence-electron chi connectivity index (χ0n) is 13.2. The summed E-state index contributed by atoms with van der Waals surface area (Å²) in [4.78, 5) is 37.5. The molecule has 132 valence electrons. The first-order chi connectivity index (χ1) is 11.4. The Hall–Kier alpha value is -3.09.